The normalized spacial score (nSPS) is 19.7. The van der Waals surface area contributed by atoms with E-state index in [0.29, 0.717) is 23.9 Å². The van der Waals surface area contributed by atoms with E-state index in [1.165, 1.54) is 0 Å². The minimum Gasteiger partial charge on any atom is -0.363 e. The zero-order valence-corrected chi connectivity index (χ0v) is 9.93. The topological polar surface area (TPSA) is 66.9 Å². The van der Waals surface area contributed by atoms with E-state index in [1.54, 1.807) is 0 Å². The van der Waals surface area contributed by atoms with Crippen molar-refractivity contribution in [2.75, 3.05) is 11.9 Å². The fraction of sp³-hybridized carbons (Fsp3) is 0.500. The highest BCUT2D eigenvalue weighted by Gasteiger charge is 2.22. The second-order valence-corrected chi connectivity index (χ2v) is 4.30. The van der Waals surface area contributed by atoms with Crippen LogP contribution in [0.4, 0.5) is 5.82 Å². The van der Waals surface area contributed by atoms with Crippen LogP contribution in [0.15, 0.2) is 0 Å². The number of rotatable bonds is 2. The summed E-state index contributed by atoms with van der Waals surface area (Å²) < 4.78 is 0. The molecular formula is C10H13ClN4O. The van der Waals surface area contributed by atoms with Gasteiger partial charge in [-0.2, -0.15) is 0 Å². The summed E-state index contributed by atoms with van der Waals surface area (Å²) in [7, 11) is 0. The average molecular weight is 241 g/mol. The molecular weight excluding hydrogens is 228 g/mol. The molecule has 1 aliphatic rings. The van der Waals surface area contributed by atoms with Crippen molar-refractivity contribution in [1.82, 2.24) is 15.5 Å². The van der Waals surface area contributed by atoms with E-state index in [9.17, 15) is 4.79 Å². The predicted octanol–water partition coefficient (Wildman–Crippen LogP) is 1.05. The molecule has 1 aromatic rings. The van der Waals surface area contributed by atoms with Crippen molar-refractivity contribution >= 4 is 23.3 Å². The van der Waals surface area contributed by atoms with Crippen LogP contribution in [0.3, 0.4) is 0 Å². The maximum Gasteiger partial charge on any atom is 0.222 e. The number of aromatic nitrogens is 2. The van der Waals surface area contributed by atoms with Gasteiger partial charge in [0.25, 0.3) is 0 Å². The van der Waals surface area contributed by atoms with Crippen LogP contribution in [0.2, 0.25) is 5.15 Å². The Kier molecular flexibility index (Phi) is 2.96. The van der Waals surface area contributed by atoms with Crippen LogP contribution in [0.5, 0.6) is 0 Å². The van der Waals surface area contributed by atoms with Gasteiger partial charge in [0.05, 0.1) is 6.04 Å². The Morgan fingerprint density at radius 3 is 2.75 bits per heavy atom. The molecule has 0 aliphatic carbocycles. The van der Waals surface area contributed by atoms with E-state index in [4.69, 9.17) is 11.6 Å². The molecule has 1 unspecified atom stereocenters. The van der Waals surface area contributed by atoms with Gasteiger partial charge in [-0.25, -0.2) is 0 Å². The highest BCUT2D eigenvalue weighted by Crippen LogP contribution is 2.21. The predicted molar refractivity (Wildman–Crippen MR) is 61.6 cm³/mol. The van der Waals surface area contributed by atoms with Crippen molar-refractivity contribution < 1.29 is 4.79 Å². The summed E-state index contributed by atoms with van der Waals surface area (Å²) in [5, 5.41) is 14.2. The fourth-order valence-electron chi connectivity index (χ4n) is 1.61. The summed E-state index contributed by atoms with van der Waals surface area (Å²) in [6, 6.07) is 0.0843. The third kappa shape index (κ3) is 2.09. The maximum absolute atomic E-state index is 11.0. The van der Waals surface area contributed by atoms with Crippen LogP contribution in [0.1, 0.15) is 17.5 Å². The molecule has 1 aromatic heterocycles. The monoisotopic (exact) mass is 240 g/mol. The number of nitrogens with one attached hydrogen (secondary N) is 2. The molecule has 2 N–H and O–H groups in total. The van der Waals surface area contributed by atoms with Gasteiger partial charge in [0, 0.05) is 13.0 Å². The van der Waals surface area contributed by atoms with Gasteiger partial charge in [0.2, 0.25) is 5.91 Å². The SMILES string of the molecule is Cc1c(Cl)nnc(NC2CNC(=O)C2)c1C. The average Bonchev–Trinajstić information content (AvgIpc) is 2.65. The van der Waals surface area contributed by atoms with Crippen molar-refractivity contribution in [2.24, 2.45) is 0 Å². The summed E-state index contributed by atoms with van der Waals surface area (Å²) in [6.45, 7) is 4.46. The fourth-order valence-corrected chi connectivity index (χ4v) is 1.79. The molecule has 1 atom stereocenters. The highest BCUT2D eigenvalue weighted by atomic mass is 35.5. The molecule has 0 spiro atoms. The molecule has 86 valence electrons. The van der Waals surface area contributed by atoms with Crippen molar-refractivity contribution in [3.05, 3.63) is 16.3 Å². The molecule has 6 heteroatoms. The summed E-state index contributed by atoms with van der Waals surface area (Å²) >= 11 is 5.86. The Morgan fingerprint density at radius 1 is 1.38 bits per heavy atom. The molecule has 2 rings (SSSR count). The number of carbonyl (C=O) groups is 1. The van der Waals surface area contributed by atoms with Crippen LogP contribution in [-0.4, -0.2) is 28.7 Å². The highest BCUT2D eigenvalue weighted by molar-refractivity contribution is 6.30. The van der Waals surface area contributed by atoms with E-state index in [1.807, 2.05) is 13.8 Å². The van der Waals surface area contributed by atoms with Crippen molar-refractivity contribution in [2.45, 2.75) is 26.3 Å². The standard InChI is InChI=1S/C10H13ClN4O/c1-5-6(2)10(15-14-9(5)11)13-7-3-8(16)12-4-7/h7H,3-4H2,1-2H3,(H,12,16)(H,13,15). The first kappa shape index (κ1) is 11.1. The van der Waals surface area contributed by atoms with Crippen molar-refractivity contribution in [3.63, 3.8) is 0 Å². The minimum atomic E-state index is 0.0637. The van der Waals surface area contributed by atoms with E-state index in [2.05, 4.69) is 20.8 Å². The molecule has 1 saturated heterocycles. The van der Waals surface area contributed by atoms with E-state index in [0.717, 1.165) is 11.1 Å². The zero-order chi connectivity index (χ0) is 11.7. The first-order valence-electron chi connectivity index (χ1n) is 5.10. The van der Waals surface area contributed by atoms with Crippen LogP contribution in [0.25, 0.3) is 0 Å². The lowest BCUT2D eigenvalue weighted by Gasteiger charge is -2.14. The Balaban J connectivity index is 2.16. The molecule has 0 bridgehead atoms. The summed E-state index contributed by atoms with van der Waals surface area (Å²) in [5.41, 5.74) is 1.88. The van der Waals surface area contributed by atoms with Gasteiger partial charge in [-0.3, -0.25) is 4.79 Å². The van der Waals surface area contributed by atoms with Gasteiger partial charge in [0.1, 0.15) is 0 Å². The number of anilines is 1. The minimum absolute atomic E-state index is 0.0637. The molecule has 5 nitrogen and oxygen atoms in total. The molecule has 1 amide bonds. The van der Waals surface area contributed by atoms with Gasteiger partial charge in [-0.1, -0.05) is 11.6 Å². The van der Waals surface area contributed by atoms with Gasteiger partial charge >= 0.3 is 0 Å². The third-order valence-corrected chi connectivity index (χ3v) is 3.14. The van der Waals surface area contributed by atoms with Crippen LogP contribution >= 0.6 is 11.6 Å². The summed E-state index contributed by atoms with van der Waals surface area (Å²) in [5.74, 6) is 0.761. The van der Waals surface area contributed by atoms with Gasteiger partial charge in [-0.15, -0.1) is 10.2 Å². The molecule has 16 heavy (non-hydrogen) atoms. The smallest absolute Gasteiger partial charge is 0.222 e. The van der Waals surface area contributed by atoms with Crippen molar-refractivity contribution in [1.29, 1.82) is 0 Å². The number of carbonyl (C=O) groups excluding carboxylic acids is 1. The van der Waals surface area contributed by atoms with E-state index >= 15 is 0 Å². The van der Waals surface area contributed by atoms with Crippen LogP contribution in [-0.2, 0) is 4.79 Å². The number of amides is 1. The van der Waals surface area contributed by atoms with E-state index < -0.39 is 0 Å². The first-order chi connectivity index (χ1) is 7.58. The van der Waals surface area contributed by atoms with Gasteiger partial charge < -0.3 is 10.6 Å². The molecule has 0 radical (unpaired) electrons. The lowest BCUT2D eigenvalue weighted by molar-refractivity contribution is -0.119. The Hall–Kier alpha value is -1.36. The Morgan fingerprint density at radius 2 is 2.12 bits per heavy atom. The Bertz CT molecular complexity index is 435. The largest absolute Gasteiger partial charge is 0.363 e. The van der Waals surface area contributed by atoms with Crippen LogP contribution < -0.4 is 10.6 Å². The van der Waals surface area contributed by atoms with E-state index in [-0.39, 0.29) is 11.9 Å². The molecule has 1 fully saturated rings. The summed E-state index contributed by atoms with van der Waals surface area (Å²) in [6.07, 6.45) is 0.475. The lowest BCUT2D eigenvalue weighted by Crippen LogP contribution is -2.23. The zero-order valence-electron chi connectivity index (χ0n) is 9.17. The second kappa shape index (κ2) is 4.25. The quantitative estimate of drug-likeness (QED) is 0.811. The number of halogens is 1. The summed E-state index contributed by atoms with van der Waals surface area (Å²) in [4.78, 5) is 11.0. The first-order valence-corrected chi connectivity index (χ1v) is 5.48. The maximum atomic E-state index is 11.0. The number of nitrogens with zero attached hydrogens (tertiary/aromatic N) is 2. The molecule has 0 saturated carbocycles. The third-order valence-electron chi connectivity index (χ3n) is 2.78. The molecule has 0 aromatic carbocycles. The molecule has 2 heterocycles. The number of hydrogen-bond acceptors (Lipinski definition) is 4. The molecule has 1 aliphatic heterocycles. The number of hydrogen-bond donors (Lipinski definition) is 2. The lowest BCUT2D eigenvalue weighted by atomic mass is 10.2. The Labute approximate surface area is 98.6 Å². The van der Waals surface area contributed by atoms with Crippen molar-refractivity contribution in [3.8, 4) is 0 Å². The van der Waals surface area contributed by atoms with Crippen LogP contribution in [0, 0.1) is 13.8 Å². The second-order valence-electron chi connectivity index (χ2n) is 3.94. The van der Waals surface area contributed by atoms with Gasteiger partial charge in [0.15, 0.2) is 11.0 Å². The van der Waals surface area contributed by atoms with Gasteiger partial charge in [-0.05, 0) is 25.0 Å².